The zero-order valence-corrected chi connectivity index (χ0v) is 15.6. The highest BCUT2D eigenvalue weighted by Crippen LogP contribution is 2.25. The third-order valence-electron chi connectivity index (χ3n) is 2.21. The van der Waals surface area contributed by atoms with E-state index < -0.39 is 18.1 Å². The van der Waals surface area contributed by atoms with Gasteiger partial charge in [0.2, 0.25) is 15.2 Å². The van der Waals surface area contributed by atoms with E-state index in [1.807, 2.05) is 0 Å². The average molecular weight is 388 g/mol. The molecule has 0 N–H and O–H groups in total. The van der Waals surface area contributed by atoms with Crippen LogP contribution < -0.4 is 4.31 Å². The monoisotopic (exact) mass is 387 g/mol. The number of ether oxygens (including phenoxy) is 1. The second-order valence-corrected chi connectivity index (χ2v) is 15.1. The lowest BCUT2D eigenvalue weighted by Crippen LogP contribution is -2.33. The first-order valence-electron chi connectivity index (χ1n) is 5.64. The highest BCUT2D eigenvalue weighted by molar-refractivity contribution is 9.11. The molecule has 0 atom stereocenters. The first-order valence-corrected chi connectivity index (χ1v) is 12.8. The Morgan fingerprint density at radius 3 is 2.42 bits per heavy atom. The van der Waals surface area contributed by atoms with Gasteiger partial charge < -0.3 is 4.74 Å². The summed E-state index contributed by atoms with van der Waals surface area (Å²) in [5, 5.41) is 7.86. The number of nitrogens with zero attached hydrogens (tertiary/aromatic N) is 3. The topological polar surface area (TPSA) is 72.4 Å². The molecule has 0 fully saturated rings. The summed E-state index contributed by atoms with van der Waals surface area (Å²) in [5.74, 6) is 0. The van der Waals surface area contributed by atoms with Crippen LogP contribution in [0.4, 0.5) is 5.13 Å². The average Bonchev–Trinajstić information content (AvgIpc) is 2.60. The van der Waals surface area contributed by atoms with Gasteiger partial charge >= 0.3 is 0 Å². The molecule has 0 saturated carbocycles. The van der Waals surface area contributed by atoms with Gasteiger partial charge in [-0.2, -0.15) is 0 Å². The molecule has 6 nitrogen and oxygen atoms in total. The minimum absolute atomic E-state index is 0.0229. The lowest BCUT2D eigenvalue weighted by molar-refractivity contribution is 0.156. The number of rotatable bonds is 7. The molecule has 1 rings (SSSR count). The maximum Gasteiger partial charge on any atom is 0.236 e. The van der Waals surface area contributed by atoms with Gasteiger partial charge in [-0.1, -0.05) is 31.0 Å². The van der Waals surface area contributed by atoms with Gasteiger partial charge in [0.05, 0.1) is 6.26 Å². The normalized spacial score (nSPS) is 12.7. The Morgan fingerprint density at radius 2 is 2.00 bits per heavy atom. The molecule has 0 unspecified atom stereocenters. The predicted molar refractivity (Wildman–Crippen MR) is 83.9 cm³/mol. The van der Waals surface area contributed by atoms with Crippen molar-refractivity contribution < 1.29 is 13.2 Å². The van der Waals surface area contributed by atoms with E-state index in [1.54, 1.807) is 0 Å². The molecule has 0 spiro atoms. The molecule has 0 aliphatic rings. The molecule has 19 heavy (non-hydrogen) atoms. The Morgan fingerprint density at radius 1 is 1.37 bits per heavy atom. The van der Waals surface area contributed by atoms with E-state index in [2.05, 4.69) is 45.8 Å². The van der Waals surface area contributed by atoms with Crippen LogP contribution >= 0.6 is 27.3 Å². The van der Waals surface area contributed by atoms with Gasteiger partial charge in [-0.25, -0.2) is 12.7 Å². The summed E-state index contributed by atoms with van der Waals surface area (Å²) < 4.78 is 30.6. The molecular weight excluding hydrogens is 370 g/mol. The Labute approximate surface area is 127 Å². The maximum absolute atomic E-state index is 11.7. The van der Waals surface area contributed by atoms with Crippen LogP contribution in [0, 0.1) is 0 Å². The fourth-order valence-corrected chi connectivity index (χ4v) is 3.96. The second-order valence-electron chi connectivity index (χ2n) is 5.30. The number of anilines is 1. The predicted octanol–water partition coefficient (Wildman–Crippen LogP) is 2.38. The molecule has 0 saturated heterocycles. The van der Waals surface area contributed by atoms with Crippen molar-refractivity contribution >= 4 is 50.5 Å². The van der Waals surface area contributed by atoms with E-state index in [4.69, 9.17) is 4.74 Å². The summed E-state index contributed by atoms with van der Waals surface area (Å²) in [6.45, 7) is 7.26. The number of hydrogen-bond acceptors (Lipinski definition) is 6. The van der Waals surface area contributed by atoms with E-state index in [-0.39, 0.29) is 6.73 Å². The van der Waals surface area contributed by atoms with Crippen LogP contribution in [0.25, 0.3) is 0 Å². The van der Waals surface area contributed by atoms with Crippen molar-refractivity contribution in [1.82, 2.24) is 10.2 Å². The van der Waals surface area contributed by atoms with E-state index in [0.29, 0.717) is 15.7 Å². The van der Waals surface area contributed by atoms with Crippen LogP contribution in [0.3, 0.4) is 0 Å². The van der Waals surface area contributed by atoms with E-state index in [1.165, 1.54) is 0 Å². The standard InChI is InChI=1S/C9H18BrN3O3S2Si/c1-18(14,15)13(9-12-11-8(10)17-9)7-16-5-6-19(2,3)4/h5-7H2,1-4H3. The number of aromatic nitrogens is 2. The van der Waals surface area contributed by atoms with Crippen molar-refractivity contribution in [3.05, 3.63) is 3.92 Å². The fraction of sp³-hybridized carbons (Fsp3) is 0.778. The lowest BCUT2D eigenvalue weighted by Gasteiger charge is -2.20. The molecule has 110 valence electrons. The van der Waals surface area contributed by atoms with Crippen LogP contribution in [0.1, 0.15) is 0 Å². The molecule has 0 amide bonds. The highest BCUT2D eigenvalue weighted by Gasteiger charge is 2.22. The Kier molecular flexibility index (Phi) is 5.92. The summed E-state index contributed by atoms with van der Waals surface area (Å²) in [5.41, 5.74) is 0. The number of sulfonamides is 1. The molecule has 0 aliphatic carbocycles. The first kappa shape index (κ1) is 17.0. The van der Waals surface area contributed by atoms with Gasteiger partial charge in [-0.15, -0.1) is 10.2 Å². The molecule has 1 aromatic rings. The minimum atomic E-state index is -3.41. The zero-order chi connectivity index (χ0) is 14.7. The van der Waals surface area contributed by atoms with Crippen molar-refractivity contribution in [2.75, 3.05) is 23.9 Å². The van der Waals surface area contributed by atoms with Crippen molar-refractivity contribution in [3.8, 4) is 0 Å². The lowest BCUT2D eigenvalue weighted by atomic mass is 10.8. The van der Waals surface area contributed by atoms with Crippen molar-refractivity contribution in [2.45, 2.75) is 25.7 Å². The van der Waals surface area contributed by atoms with E-state index >= 15 is 0 Å². The van der Waals surface area contributed by atoms with Gasteiger partial charge in [0.25, 0.3) is 0 Å². The molecule has 0 bridgehead atoms. The summed E-state index contributed by atoms with van der Waals surface area (Å²) in [6.07, 6.45) is 1.13. The maximum atomic E-state index is 11.7. The fourth-order valence-electron chi connectivity index (χ4n) is 1.12. The van der Waals surface area contributed by atoms with Gasteiger partial charge in [0.15, 0.2) is 3.92 Å². The number of halogens is 1. The van der Waals surface area contributed by atoms with Gasteiger partial charge in [0, 0.05) is 14.7 Å². The third-order valence-corrected chi connectivity index (χ3v) is 6.49. The Balaban J connectivity index is 2.63. The van der Waals surface area contributed by atoms with Crippen LogP contribution in [-0.4, -0.2) is 46.3 Å². The summed E-state index contributed by atoms with van der Waals surface area (Å²) in [7, 11) is -4.59. The summed E-state index contributed by atoms with van der Waals surface area (Å²) >= 11 is 4.32. The molecular formula is C9H18BrN3O3S2Si. The Bertz CT molecular complexity index is 515. The third kappa shape index (κ3) is 6.30. The summed E-state index contributed by atoms with van der Waals surface area (Å²) in [4.78, 5) is 0. The van der Waals surface area contributed by atoms with Crippen LogP contribution in [0.2, 0.25) is 25.7 Å². The quantitative estimate of drug-likeness (QED) is 0.407. The van der Waals surface area contributed by atoms with Crippen molar-refractivity contribution in [3.63, 3.8) is 0 Å². The van der Waals surface area contributed by atoms with E-state index in [9.17, 15) is 8.42 Å². The molecule has 1 aromatic heterocycles. The second kappa shape index (κ2) is 6.61. The minimum Gasteiger partial charge on any atom is -0.360 e. The first-order chi connectivity index (χ1) is 8.59. The van der Waals surface area contributed by atoms with Gasteiger partial charge in [-0.3, -0.25) is 0 Å². The van der Waals surface area contributed by atoms with Crippen LogP contribution in [-0.2, 0) is 14.8 Å². The van der Waals surface area contributed by atoms with Crippen molar-refractivity contribution in [1.29, 1.82) is 0 Å². The molecule has 10 heteroatoms. The highest BCUT2D eigenvalue weighted by atomic mass is 79.9. The van der Waals surface area contributed by atoms with E-state index in [0.717, 1.165) is 27.9 Å². The smallest absolute Gasteiger partial charge is 0.236 e. The van der Waals surface area contributed by atoms with Crippen LogP contribution in [0.15, 0.2) is 3.92 Å². The largest absolute Gasteiger partial charge is 0.360 e. The Hall–Kier alpha value is -0.0331. The molecule has 1 heterocycles. The molecule has 0 radical (unpaired) electrons. The van der Waals surface area contributed by atoms with Gasteiger partial charge in [0.1, 0.15) is 6.73 Å². The van der Waals surface area contributed by atoms with Crippen molar-refractivity contribution in [2.24, 2.45) is 0 Å². The molecule has 0 aromatic carbocycles. The van der Waals surface area contributed by atoms with Gasteiger partial charge in [-0.05, 0) is 22.0 Å². The zero-order valence-electron chi connectivity index (χ0n) is 11.4. The molecule has 0 aliphatic heterocycles. The number of hydrogen-bond donors (Lipinski definition) is 0. The summed E-state index contributed by atoms with van der Waals surface area (Å²) in [6, 6.07) is 0.990. The SMILES string of the molecule is C[Si](C)(C)CCOCN(c1nnc(Br)s1)S(C)(=O)=O. The van der Waals surface area contributed by atoms with Crippen LogP contribution in [0.5, 0.6) is 0 Å².